The van der Waals surface area contributed by atoms with Crippen molar-refractivity contribution in [3.05, 3.63) is 46.3 Å². The minimum atomic E-state index is -4.55. The highest BCUT2D eigenvalue weighted by molar-refractivity contribution is 7.16. The molecule has 0 aliphatic carbocycles. The van der Waals surface area contributed by atoms with Gasteiger partial charge in [-0.2, -0.15) is 13.2 Å². The quantitative estimate of drug-likeness (QED) is 0.699. The molecule has 3 aromatic rings. The predicted molar refractivity (Wildman–Crippen MR) is 89.4 cm³/mol. The number of halogens is 3. The Morgan fingerprint density at radius 2 is 2.08 bits per heavy atom. The third-order valence-electron chi connectivity index (χ3n) is 2.88. The number of thiazole rings is 2. The van der Waals surface area contributed by atoms with E-state index >= 15 is 0 Å². The van der Waals surface area contributed by atoms with Crippen LogP contribution in [0.5, 0.6) is 0 Å². The van der Waals surface area contributed by atoms with E-state index in [1.807, 2.05) is 0 Å². The fourth-order valence-corrected chi connectivity index (χ4v) is 3.40. The number of anilines is 3. The highest BCUT2D eigenvalue weighted by atomic mass is 32.1. The van der Waals surface area contributed by atoms with E-state index in [-0.39, 0.29) is 10.8 Å². The molecule has 3 heterocycles. The number of aromatic nitrogens is 3. The highest BCUT2D eigenvalue weighted by Gasteiger charge is 2.34. The maximum Gasteiger partial charge on any atom is 0.434 e. The fraction of sp³-hybridized carbons (Fsp3) is 0.143. The molecule has 0 aliphatic heterocycles. The third kappa shape index (κ3) is 4.12. The van der Waals surface area contributed by atoms with Crippen LogP contribution in [0.1, 0.15) is 21.2 Å². The number of pyridine rings is 1. The molecule has 0 bridgehead atoms. The van der Waals surface area contributed by atoms with Gasteiger partial charge < -0.3 is 5.32 Å². The normalized spacial score (nSPS) is 11.4. The van der Waals surface area contributed by atoms with Gasteiger partial charge in [0.2, 0.25) is 0 Å². The van der Waals surface area contributed by atoms with Crippen molar-refractivity contribution in [1.82, 2.24) is 15.0 Å². The van der Waals surface area contributed by atoms with Crippen LogP contribution in [0.2, 0.25) is 0 Å². The number of hydrogen-bond acceptors (Lipinski definition) is 7. The van der Waals surface area contributed by atoms with Gasteiger partial charge >= 0.3 is 6.18 Å². The number of nitrogens with one attached hydrogen (secondary N) is 2. The van der Waals surface area contributed by atoms with E-state index < -0.39 is 17.8 Å². The summed E-state index contributed by atoms with van der Waals surface area (Å²) in [6.07, 6.45) is -1.37. The molecule has 3 aromatic heterocycles. The Morgan fingerprint density at radius 3 is 2.72 bits per heavy atom. The summed E-state index contributed by atoms with van der Waals surface area (Å²) in [6, 6.07) is 3.49. The Bertz CT molecular complexity index is 892. The lowest BCUT2D eigenvalue weighted by atomic mass is 10.4. The Labute approximate surface area is 147 Å². The third-order valence-corrected chi connectivity index (χ3v) is 4.53. The van der Waals surface area contributed by atoms with Crippen LogP contribution in [0.25, 0.3) is 0 Å². The Balaban J connectivity index is 1.79. The lowest BCUT2D eigenvalue weighted by molar-refractivity contribution is -0.140. The maximum atomic E-state index is 12.6. The van der Waals surface area contributed by atoms with Crippen molar-refractivity contribution >= 4 is 44.4 Å². The van der Waals surface area contributed by atoms with Gasteiger partial charge in [-0.05, 0) is 19.1 Å². The van der Waals surface area contributed by atoms with Crippen LogP contribution >= 0.6 is 22.7 Å². The number of rotatable bonds is 4. The maximum absolute atomic E-state index is 12.6. The molecule has 0 aliphatic rings. The number of aryl methyl sites for hydroxylation is 1. The molecule has 11 heteroatoms. The fourth-order valence-electron chi connectivity index (χ4n) is 1.85. The van der Waals surface area contributed by atoms with Crippen LogP contribution < -0.4 is 10.6 Å². The molecule has 0 spiro atoms. The van der Waals surface area contributed by atoms with Crippen LogP contribution in [-0.4, -0.2) is 20.9 Å². The van der Waals surface area contributed by atoms with E-state index in [4.69, 9.17) is 0 Å². The zero-order valence-corrected chi connectivity index (χ0v) is 14.2. The van der Waals surface area contributed by atoms with E-state index in [0.717, 1.165) is 5.38 Å². The molecule has 0 aromatic carbocycles. The van der Waals surface area contributed by atoms with Crippen LogP contribution in [-0.2, 0) is 6.18 Å². The van der Waals surface area contributed by atoms with Crippen LogP contribution in [0.4, 0.5) is 29.0 Å². The molecule has 6 nitrogen and oxygen atoms in total. The first-order valence-electron chi connectivity index (χ1n) is 6.81. The van der Waals surface area contributed by atoms with Crippen molar-refractivity contribution in [2.75, 3.05) is 10.6 Å². The molecule has 1 amide bonds. The van der Waals surface area contributed by atoms with Gasteiger partial charge in [-0.3, -0.25) is 15.1 Å². The first-order chi connectivity index (χ1) is 11.8. The van der Waals surface area contributed by atoms with Gasteiger partial charge in [0.15, 0.2) is 16.5 Å². The minimum absolute atomic E-state index is 0.0788. The number of carbonyl (C=O) groups excluding carboxylic acids is 1. The van der Waals surface area contributed by atoms with Gasteiger partial charge in [-0.15, -0.1) is 22.7 Å². The van der Waals surface area contributed by atoms with Gasteiger partial charge in [0, 0.05) is 11.6 Å². The predicted octanol–water partition coefficient (Wildman–Crippen LogP) is 4.32. The van der Waals surface area contributed by atoms with E-state index in [2.05, 4.69) is 25.6 Å². The summed E-state index contributed by atoms with van der Waals surface area (Å²) < 4.78 is 37.7. The number of carbonyl (C=O) groups is 1. The second-order valence-corrected chi connectivity index (χ2v) is 6.83. The van der Waals surface area contributed by atoms with Crippen molar-refractivity contribution in [2.24, 2.45) is 0 Å². The Morgan fingerprint density at radius 1 is 1.28 bits per heavy atom. The lowest BCUT2D eigenvalue weighted by Crippen LogP contribution is -2.14. The molecular formula is C14H10F3N5OS2. The van der Waals surface area contributed by atoms with Crippen molar-refractivity contribution < 1.29 is 18.0 Å². The molecule has 2 N–H and O–H groups in total. The monoisotopic (exact) mass is 385 g/mol. The first-order valence-corrected chi connectivity index (χ1v) is 8.51. The van der Waals surface area contributed by atoms with Gasteiger partial charge in [0.1, 0.15) is 5.00 Å². The summed E-state index contributed by atoms with van der Waals surface area (Å²) in [5.74, 6) is -0.640. The zero-order chi connectivity index (χ0) is 18.0. The molecule has 0 unspecified atom stereocenters. The SMILES string of the molecule is Cc1nc(C(=O)Nc2nc(C(F)(F)F)cs2)c(Nc2cccnc2)s1. The Kier molecular flexibility index (Phi) is 4.68. The van der Waals surface area contributed by atoms with Crippen molar-refractivity contribution in [2.45, 2.75) is 13.1 Å². The zero-order valence-electron chi connectivity index (χ0n) is 12.6. The molecule has 0 atom stereocenters. The van der Waals surface area contributed by atoms with Crippen molar-refractivity contribution in [1.29, 1.82) is 0 Å². The molecule has 0 saturated carbocycles. The van der Waals surface area contributed by atoms with E-state index in [0.29, 0.717) is 27.0 Å². The number of amides is 1. The van der Waals surface area contributed by atoms with Crippen LogP contribution in [0.15, 0.2) is 29.9 Å². The van der Waals surface area contributed by atoms with Gasteiger partial charge in [-0.25, -0.2) is 9.97 Å². The van der Waals surface area contributed by atoms with Crippen LogP contribution in [0, 0.1) is 6.92 Å². The largest absolute Gasteiger partial charge is 0.434 e. The second kappa shape index (κ2) is 6.76. The topological polar surface area (TPSA) is 79.8 Å². The molecule has 0 fully saturated rings. The van der Waals surface area contributed by atoms with E-state index in [9.17, 15) is 18.0 Å². The van der Waals surface area contributed by atoms with Gasteiger partial charge in [0.05, 0.1) is 16.9 Å². The minimum Gasteiger partial charge on any atom is -0.344 e. The summed E-state index contributed by atoms with van der Waals surface area (Å²) in [7, 11) is 0. The molecule has 25 heavy (non-hydrogen) atoms. The average Bonchev–Trinajstić information content (AvgIpc) is 3.15. The number of nitrogens with zero attached hydrogens (tertiary/aromatic N) is 3. The van der Waals surface area contributed by atoms with E-state index in [1.165, 1.54) is 11.3 Å². The summed E-state index contributed by atoms with van der Waals surface area (Å²) >= 11 is 1.95. The molecule has 0 radical (unpaired) electrons. The lowest BCUT2D eigenvalue weighted by Gasteiger charge is -2.05. The molecule has 0 saturated heterocycles. The molecule has 130 valence electrons. The number of alkyl halides is 3. The van der Waals surface area contributed by atoms with E-state index in [1.54, 1.807) is 31.5 Å². The smallest absolute Gasteiger partial charge is 0.344 e. The van der Waals surface area contributed by atoms with Crippen molar-refractivity contribution in [3.63, 3.8) is 0 Å². The summed E-state index contributed by atoms with van der Waals surface area (Å²) in [5, 5.41) is 7.17. The number of hydrogen-bond donors (Lipinski definition) is 2. The Hall–Kier alpha value is -2.53. The summed E-state index contributed by atoms with van der Waals surface area (Å²) in [4.78, 5) is 23.8. The highest BCUT2D eigenvalue weighted by Crippen LogP contribution is 2.32. The van der Waals surface area contributed by atoms with Gasteiger partial charge in [0.25, 0.3) is 5.91 Å². The molecule has 3 rings (SSSR count). The standard InChI is InChI=1S/C14H10F3N5OS2/c1-7-19-10(12(25-7)20-8-3-2-4-18-5-8)11(23)22-13-21-9(6-24-13)14(15,16)17/h2-6,20H,1H3,(H,21,22,23). The molecular weight excluding hydrogens is 375 g/mol. The van der Waals surface area contributed by atoms with Crippen LogP contribution in [0.3, 0.4) is 0 Å². The average molecular weight is 385 g/mol. The summed E-state index contributed by atoms with van der Waals surface area (Å²) in [6.45, 7) is 1.72. The van der Waals surface area contributed by atoms with Crippen molar-refractivity contribution in [3.8, 4) is 0 Å². The second-order valence-electron chi connectivity index (χ2n) is 4.77. The van der Waals surface area contributed by atoms with Gasteiger partial charge in [-0.1, -0.05) is 0 Å². The summed E-state index contributed by atoms with van der Waals surface area (Å²) in [5.41, 5.74) is -0.306. The first kappa shape index (κ1) is 17.3.